The molecule has 2 aliphatic rings. The van der Waals surface area contributed by atoms with Gasteiger partial charge in [-0.05, 0) is 47.4 Å². The number of nitrogens with one attached hydrogen (secondary N) is 3. The minimum Gasteiger partial charge on any atom is -0.384 e. The van der Waals surface area contributed by atoms with E-state index in [-0.39, 0.29) is 24.7 Å². The molecule has 1 fully saturated rings. The summed E-state index contributed by atoms with van der Waals surface area (Å²) in [5, 5.41) is 14.8. The minimum atomic E-state index is -2.25. The van der Waals surface area contributed by atoms with Gasteiger partial charge >= 0.3 is 0 Å². The number of hydrogen-bond donors (Lipinski definition) is 4. The number of fused-ring (bicyclic) bond motifs is 3. The zero-order valence-electron chi connectivity index (χ0n) is 23.3. The highest BCUT2D eigenvalue weighted by atomic mass is 32.1. The molecule has 5 atom stereocenters. The second-order valence-corrected chi connectivity index (χ2v) is 12.1. The van der Waals surface area contributed by atoms with Crippen molar-refractivity contribution in [2.45, 2.75) is 50.0 Å². The molecule has 2 amide bonds. The summed E-state index contributed by atoms with van der Waals surface area (Å²) in [6.07, 6.45) is 0.163. The number of rotatable bonds is 10. The molecule has 0 bridgehead atoms. The second kappa shape index (κ2) is 11.7. The Morgan fingerprint density at radius 3 is 2.60 bits per heavy atom. The van der Waals surface area contributed by atoms with Gasteiger partial charge in [0.05, 0.1) is 18.1 Å². The van der Waals surface area contributed by atoms with Crippen molar-refractivity contribution in [2.24, 2.45) is 5.73 Å². The zero-order valence-corrected chi connectivity index (χ0v) is 24.1. The maximum absolute atomic E-state index is 15.2. The number of nitrogens with zero attached hydrogens (tertiary/aromatic N) is 1. The Balaban J connectivity index is 1.28. The van der Waals surface area contributed by atoms with Crippen LogP contribution in [0.25, 0.3) is 11.1 Å². The van der Waals surface area contributed by atoms with Crippen molar-refractivity contribution >= 4 is 35.3 Å². The summed E-state index contributed by atoms with van der Waals surface area (Å²) in [5.41, 5.74) is 8.51. The fraction of sp³-hybridized carbons (Fsp3) is 0.355. The average molecular weight is 594 g/mol. The van der Waals surface area contributed by atoms with Crippen LogP contribution in [-0.2, 0) is 9.59 Å². The maximum atomic E-state index is 15.2. The monoisotopic (exact) mass is 593 g/mol. The van der Waals surface area contributed by atoms with E-state index < -0.39 is 48.8 Å². The molecule has 1 aliphatic carbocycles. The van der Waals surface area contributed by atoms with E-state index in [0.717, 1.165) is 21.6 Å². The number of nitrogens with two attached hydrogens (primary N) is 1. The number of likely N-dealkylation sites (tertiary alicyclic amines) is 1. The van der Waals surface area contributed by atoms with Crippen molar-refractivity contribution in [3.63, 3.8) is 0 Å². The number of carbonyl (C=O) groups excluding carboxylic acids is 3. The van der Waals surface area contributed by atoms with Gasteiger partial charge in [0.2, 0.25) is 5.91 Å². The van der Waals surface area contributed by atoms with Crippen molar-refractivity contribution in [1.82, 2.24) is 15.5 Å². The van der Waals surface area contributed by atoms with Crippen LogP contribution >= 0.6 is 11.3 Å². The normalized spacial score (nSPS) is 22.6. The third-order valence-electron chi connectivity index (χ3n) is 8.16. The van der Waals surface area contributed by atoms with Crippen LogP contribution in [-0.4, -0.2) is 66.4 Å². The molecule has 1 aliphatic heterocycles. The molecule has 5 rings (SSSR count). The molecule has 0 spiro atoms. The maximum Gasteiger partial charge on any atom is 0.251 e. The quantitative estimate of drug-likeness (QED) is 0.160. The zero-order chi connectivity index (χ0) is 30.2. The highest BCUT2D eigenvalue weighted by Gasteiger charge is 2.48. The summed E-state index contributed by atoms with van der Waals surface area (Å²) < 4.78 is 28.9. The molecule has 0 saturated carbocycles. The number of thiophene rings is 1. The largest absolute Gasteiger partial charge is 0.384 e. The second-order valence-electron chi connectivity index (χ2n) is 11.1. The number of amidine groups is 1. The van der Waals surface area contributed by atoms with Crippen LogP contribution in [0, 0.1) is 5.41 Å². The van der Waals surface area contributed by atoms with Crippen molar-refractivity contribution in [1.29, 1.82) is 5.41 Å². The van der Waals surface area contributed by atoms with Crippen molar-refractivity contribution < 1.29 is 23.2 Å². The Hall–Kier alpha value is -3.96. The van der Waals surface area contributed by atoms with Gasteiger partial charge in [0.25, 0.3) is 5.91 Å². The predicted octanol–water partition coefficient (Wildman–Crippen LogP) is 4.09. The molecule has 8 nitrogen and oxygen atoms in total. The summed E-state index contributed by atoms with van der Waals surface area (Å²) in [7, 11) is 0. The Bertz CT molecular complexity index is 1540. The van der Waals surface area contributed by atoms with Crippen LogP contribution in [0.2, 0.25) is 0 Å². The van der Waals surface area contributed by atoms with Crippen LogP contribution in [0.15, 0.2) is 53.9 Å². The van der Waals surface area contributed by atoms with Gasteiger partial charge < -0.3 is 21.2 Å². The molecule has 11 heteroatoms. The number of hydrogen-bond acceptors (Lipinski definition) is 6. The Morgan fingerprint density at radius 1 is 1.17 bits per heavy atom. The topological polar surface area (TPSA) is 128 Å². The first-order valence-corrected chi connectivity index (χ1v) is 14.6. The van der Waals surface area contributed by atoms with Crippen molar-refractivity contribution in [2.75, 3.05) is 19.8 Å². The number of carbonyl (C=O) groups is 3. The fourth-order valence-corrected chi connectivity index (χ4v) is 6.80. The molecule has 1 saturated heterocycles. The van der Waals surface area contributed by atoms with Crippen LogP contribution in [0.3, 0.4) is 0 Å². The van der Waals surface area contributed by atoms with Crippen LogP contribution < -0.4 is 16.4 Å². The number of alkyl halides is 2. The van der Waals surface area contributed by atoms with E-state index in [9.17, 15) is 18.8 Å². The summed E-state index contributed by atoms with van der Waals surface area (Å²) >= 11 is 1.32. The average Bonchev–Trinajstić information content (AvgIpc) is 3.68. The van der Waals surface area contributed by atoms with E-state index in [1.54, 1.807) is 30.5 Å². The van der Waals surface area contributed by atoms with Crippen molar-refractivity contribution in [3.8, 4) is 11.1 Å². The molecule has 2 unspecified atom stereocenters. The molecule has 42 heavy (non-hydrogen) atoms. The Labute approximate surface area is 246 Å². The lowest BCUT2D eigenvalue weighted by Gasteiger charge is -2.27. The highest BCUT2D eigenvalue weighted by Crippen LogP contribution is 2.44. The molecule has 5 N–H and O–H groups in total. The first-order valence-electron chi connectivity index (χ1n) is 13.7. The van der Waals surface area contributed by atoms with Gasteiger partial charge in [-0.1, -0.05) is 37.3 Å². The van der Waals surface area contributed by atoms with Gasteiger partial charge in [-0.3, -0.25) is 19.9 Å². The van der Waals surface area contributed by atoms with Gasteiger partial charge in [-0.25, -0.2) is 8.78 Å². The molecule has 2 heterocycles. The minimum absolute atomic E-state index is 0.0932. The molecular weight excluding hydrogens is 560 g/mol. The molecule has 220 valence electrons. The lowest BCUT2D eigenvalue weighted by molar-refractivity contribution is -0.126. The van der Waals surface area contributed by atoms with E-state index >= 15 is 4.39 Å². The summed E-state index contributed by atoms with van der Waals surface area (Å²) in [6, 6.07) is 12.6. The van der Waals surface area contributed by atoms with Gasteiger partial charge in [-0.2, -0.15) is 0 Å². The standard InChI is InChI=1S/C31H33F2N5O3S/c1-17-22-5-3-4-6-24(22)25-9-19(7-8-23(17)25)29(40)37-21(13-39)12-38-16-31(33,15-32)11-26(38)30(41)36-18(2)27-10-20(14-42-27)28(34)35/h3-10,13-14,17-18,21,26H,11-12,15-16H2,1-2H3,(H3,34,35)(H,36,41)(H,37,40)/t17?,18-,21?,26+,31+/m1/s1. The number of benzene rings is 2. The van der Waals surface area contributed by atoms with E-state index in [0.29, 0.717) is 17.4 Å². The smallest absolute Gasteiger partial charge is 0.251 e. The fourth-order valence-electron chi connectivity index (χ4n) is 5.89. The molecular formula is C31H33F2N5O3S. The van der Waals surface area contributed by atoms with Crippen molar-refractivity contribution in [3.05, 3.63) is 81.0 Å². The van der Waals surface area contributed by atoms with Gasteiger partial charge in [0, 0.05) is 46.8 Å². The van der Waals surface area contributed by atoms with Gasteiger partial charge in [0.15, 0.2) is 5.67 Å². The highest BCUT2D eigenvalue weighted by molar-refractivity contribution is 7.10. The summed E-state index contributed by atoms with van der Waals surface area (Å²) in [5.74, 6) is -0.888. The molecule has 2 aromatic carbocycles. The van der Waals surface area contributed by atoms with Gasteiger partial charge in [0.1, 0.15) is 18.8 Å². The van der Waals surface area contributed by atoms with E-state index in [4.69, 9.17) is 11.1 Å². The molecule has 1 aromatic heterocycles. The number of halogens is 2. The van der Waals surface area contributed by atoms with E-state index in [2.05, 4.69) is 23.6 Å². The summed E-state index contributed by atoms with van der Waals surface area (Å²) in [4.78, 5) is 40.7. The third-order valence-corrected chi connectivity index (χ3v) is 9.27. The molecule has 0 radical (unpaired) electrons. The first kappa shape index (κ1) is 29.5. The van der Waals surface area contributed by atoms with Crippen LogP contribution in [0.5, 0.6) is 0 Å². The lowest BCUT2D eigenvalue weighted by atomic mass is 9.98. The number of amides is 2. The first-order chi connectivity index (χ1) is 20.0. The van der Waals surface area contributed by atoms with E-state index in [1.807, 2.05) is 24.3 Å². The lowest BCUT2D eigenvalue weighted by Crippen LogP contribution is -2.50. The summed E-state index contributed by atoms with van der Waals surface area (Å²) in [6.45, 7) is 2.03. The number of aldehydes is 1. The Kier molecular flexibility index (Phi) is 8.25. The number of nitrogen functional groups attached to an aromatic ring is 1. The van der Waals surface area contributed by atoms with Crippen LogP contribution in [0.1, 0.15) is 64.2 Å². The van der Waals surface area contributed by atoms with E-state index in [1.165, 1.54) is 21.8 Å². The molecule has 3 aromatic rings. The Morgan fingerprint density at radius 2 is 1.90 bits per heavy atom. The van der Waals surface area contributed by atoms with Crippen LogP contribution in [0.4, 0.5) is 8.78 Å². The van der Waals surface area contributed by atoms with Gasteiger partial charge in [-0.15, -0.1) is 11.3 Å². The third kappa shape index (κ3) is 5.71. The SMILES string of the molecule is CC1c2ccccc2-c2cc(C(=O)NC(C=O)CN3C[C@@](F)(CF)C[C@H]3C(=O)N[C@H](C)c3cc(C(=N)N)cs3)ccc21. The predicted molar refractivity (Wildman–Crippen MR) is 158 cm³/mol.